The van der Waals surface area contributed by atoms with Crippen LogP contribution in [0.1, 0.15) is 0 Å². The molecule has 0 atom stereocenters. The van der Waals surface area contributed by atoms with Crippen LogP contribution < -0.4 is 4.74 Å². The van der Waals surface area contributed by atoms with Crippen LogP contribution >= 0.6 is 0 Å². The molecule has 2 nitrogen and oxygen atoms in total. The van der Waals surface area contributed by atoms with E-state index in [1.54, 1.807) is 7.11 Å². The molecule has 0 unspecified atom stereocenters. The first-order chi connectivity index (χ1) is 9.38. The third-order valence-electron chi connectivity index (χ3n) is 3.03. The van der Waals surface area contributed by atoms with Gasteiger partial charge in [0.1, 0.15) is 5.76 Å². The van der Waals surface area contributed by atoms with Crippen LogP contribution in [0.15, 0.2) is 71.1 Å². The van der Waals surface area contributed by atoms with Gasteiger partial charge < -0.3 is 9.15 Å². The van der Waals surface area contributed by atoms with Gasteiger partial charge in [-0.3, -0.25) is 0 Å². The quantitative estimate of drug-likeness (QED) is 0.676. The largest absolute Gasteiger partial charge is 0.468 e. The molecular weight excluding hydrogens is 236 g/mol. The summed E-state index contributed by atoms with van der Waals surface area (Å²) >= 11 is 0. The molecule has 0 aliphatic carbocycles. The summed E-state index contributed by atoms with van der Waals surface area (Å²) in [5, 5.41) is 0. The van der Waals surface area contributed by atoms with Gasteiger partial charge in [0, 0.05) is 5.56 Å². The van der Waals surface area contributed by atoms with Crippen molar-refractivity contribution >= 4 is 0 Å². The van der Waals surface area contributed by atoms with Gasteiger partial charge in [-0.1, -0.05) is 60.7 Å². The van der Waals surface area contributed by atoms with Crippen molar-refractivity contribution in [1.82, 2.24) is 0 Å². The number of furan rings is 1. The van der Waals surface area contributed by atoms with Gasteiger partial charge in [0.2, 0.25) is 0 Å². The van der Waals surface area contributed by atoms with E-state index < -0.39 is 0 Å². The van der Waals surface area contributed by atoms with Crippen LogP contribution in [0.25, 0.3) is 22.5 Å². The molecule has 1 aromatic heterocycles. The molecule has 0 bridgehead atoms. The van der Waals surface area contributed by atoms with Crippen molar-refractivity contribution < 1.29 is 9.15 Å². The second-order valence-electron chi connectivity index (χ2n) is 4.25. The van der Waals surface area contributed by atoms with Crippen molar-refractivity contribution in [3.8, 4) is 28.4 Å². The molecule has 0 N–H and O–H groups in total. The van der Waals surface area contributed by atoms with E-state index in [9.17, 15) is 0 Å². The number of methoxy groups -OCH3 is 1. The molecule has 0 aliphatic rings. The van der Waals surface area contributed by atoms with Crippen molar-refractivity contribution in [3.05, 3.63) is 66.7 Å². The molecule has 0 spiro atoms. The molecule has 94 valence electrons. The topological polar surface area (TPSA) is 22.4 Å². The number of benzene rings is 2. The first-order valence-corrected chi connectivity index (χ1v) is 6.17. The van der Waals surface area contributed by atoms with Crippen molar-refractivity contribution in [2.45, 2.75) is 0 Å². The van der Waals surface area contributed by atoms with E-state index in [1.165, 1.54) is 0 Å². The molecule has 2 aromatic carbocycles. The predicted molar refractivity (Wildman–Crippen MR) is 76.1 cm³/mol. The SMILES string of the molecule is COc1oc(-c2ccccc2)cc1-c1ccccc1. The molecule has 19 heavy (non-hydrogen) atoms. The van der Waals surface area contributed by atoms with E-state index >= 15 is 0 Å². The van der Waals surface area contributed by atoms with Crippen LogP contribution in [0.4, 0.5) is 0 Å². The zero-order valence-electron chi connectivity index (χ0n) is 10.7. The maximum absolute atomic E-state index is 5.78. The average molecular weight is 250 g/mol. The van der Waals surface area contributed by atoms with Crippen molar-refractivity contribution in [2.24, 2.45) is 0 Å². The standard InChI is InChI=1S/C17H14O2/c1-18-17-15(13-8-4-2-5-9-13)12-16(19-17)14-10-6-3-7-11-14/h2-12H,1H3. The molecule has 0 amide bonds. The molecule has 3 rings (SSSR count). The zero-order valence-corrected chi connectivity index (χ0v) is 10.7. The van der Waals surface area contributed by atoms with Gasteiger partial charge >= 0.3 is 0 Å². The minimum atomic E-state index is 0.546. The molecule has 2 heteroatoms. The van der Waals surface area contributed by atoms with E-state index in [4.69, 9.17) is 9.15 Å². The monoisotopic (exact) mass is 250 g/mol. The summed E-state index contributed by atoms with van der Waals surface area (Å²) in [5.41, 5.74) is 3.11. The summed E-state index contributed by atoms with van der Waals surface area (Å²) in [4.78, 5) is 0. The van der Waals surface area contributed by atoms with E-state index in [0.29, 0.717) is 5.95 Å². The second kappa shape index (κ2) is 5.02. The molecule has 0 radical (unpaired) electrons. The molecule has 3 aromatic rings. The normalized spacial score (nSPS) is 10.4. The van der Waals surface area contributed by atoms with E-state index in [0.717, 1.165) is 22.5 Å². The van der Waals surface area contributed by atoms with Gasteiger partial charge in [-0.15, -0.1) is 0 Å². The number of hydrogen-bond donors (Lipinski definition) is 0. The lowest BCUT2D eigenvalue weighted by atomic mass is 10.1. The highest BCUT2D eigenvalue weighted by atomic mass is 16.6. The zero-order chi connectivity index (χ0) is 13.1. The highest BCUT2D eigenvalue weighted by Crippen LogP contribution is 2.37. The smallest absolute Gasteiger partial charge is 0.292 e. The molecule has 1 heterocycles. The maximum Gasteiger partial charge on any atom is 0.292 e. The Hall–Kier alpha value is -2.48. The molecular formula is C17H14O2. The fraction of sp³-hybridized carbons (Fsp3) is 0.0588. The van der Waals surface area contributed by atoms with E-state index in [-0.39, 0.29) is 0 Å². The van der Waals surface area contributed by atoms with Crippen LogP contribution in [0.5, 0.6) is 5.95 Å². The maximum atomic E-state index is 5.78. The summed E-state index contributed by atoms with van der Waals surface area (Å²) in [6, 6.07) is 22.1. The Kier molecular flexibility index (Phi) is 3.07. The van der Waals surface area contributed by atoms with Gasteiger partial charge in [0.05, 0.1) is 12.7 Å². The van der Waals surface area contributed by atoms with Gasteiger partial charge in [0.15, 0.2) is 0 Å². The summed E-state index contributed by atoms with van der Waals surface area (Å²) in [6.07, 6.45) is 0. The van der Waals surface area contributed by atoms with Crippen LogP contribution in [0.3, 0.4) is 0 Å². The first kappa shape index (κ1) is 11.6. The summed E-state index contributed by atoms with van der Waals surface area (Å²) < 4.78 is 11.1. The lowest BCUT2D eigenvalue weighted by Gasteiger charge is -1.99. The highest BCUT2D eigenvalue weighted by molar-refractivity contribution is 5.74. The fourth-order valence-electron chi connectivity index (χ4n) is 2.09. The highest BCUT2D eigenvalue weighted by Gasteiger charge is 2.14. The van der Waals surface area contributed by atoms with Gasteiger partial charge in [-0.05, 0) is 11.6 Å². The minimum Gasteiger partial charge on any atom is -0.468 e. The summed E-state index contributed by atoms with van der Waals surface area (Å²) in [7, 11) is 1.63. The average Bonchev–Trinajstić information content (AvgIpc) is 2.93. The van der Waals surface area contributed by atoms with Crippen molar-refractivity contribution in [1.29, 1.82) is 0 Å². The summed E-state index contributed by atoms with van der Waals surface area (Å²) in [6.45, 7) is 0. The Bertz CT molecular complexity index is 654. The fourth-order valence-corrected chi connectivity index (χ4v) is 2.09. The molecule has 0 aliphatic heterocycles. The summed E-state index contributed by atoms with van der Waals surface area (Å²) in [5.74, 6) is 1.36. The van der Waals surface area contributed by atoms with Gasteiger partial charge in [-0.25, -0.2) is 0 Å². The third-order valence-corrected chi connectivity index (χ3v) is 3.03. The first-order valence-electron chi connectivity index (χ1n) is 6.17. The Balaban J connectivity index is 2.09. The van der Waals surface area contributed by atoms with Crippen LogP contribution in [0, 0.1) is 0 Å². The van der Waals surface area contributed by atoms with Crippen molar-refractivity contribution in [3.63, 3.8) is 0 Å². The number of ether oxygens (including phenoxy) is 1. The molecule has 0 saturated carbocycles. The molecule has 0 saturated heterocycles. The lowest BCUT2D eigenvalue weighted by Crippen LogP contribution is -1.82. The van der Waals surface area contributed by atoms with Gasteiger partial charge in [-0.2, -0.15) is 0 Å². The predicted octanol–water partition coefficient (Wildman–Crippen LogP) is 4.62. The third kappa shape index (κ3) is 2.25. The van der Waals surface area contributed by atoms with Gasteiger partial charge in [0.25, 0.3) is 5.95 Å². The van der Waals surface area contributed by atoms with Crippen molar-refractivity contribution in [2.75, 3.05) is 7.11 Å². The van der Waals surface area contributed by atoms with E-state index in [2.05, 4.69) is 0 Å². The van der Waals surface area contributed by atoms with Crippen LogP contribution in [0.2, 0.25) is 0 Å². The Labute approximate surface area is 112 Å². The Morgan fingerprint density at radius 2 is 1.37 bits per heavy atom. The van der Waals surface area contributed by atoms with Crippen LogP contribution in [-0.2, 0) is 0 Å². The van der Waals surface area contributed by atoms with E-state index in [1.807, 2.05) is 66.7 Å². The number of rotatable bonds is 3. The second-order valence-corrected chi connectivity index (χ2v) is 4.25. The molecule has 0 fully saturated rings. The number of hydrogen-bond acceptors (Lipinski definition) is 2. The Morgan fingerprint density at radius 1 is 0.789 bits per heavy atom. The minimum absolute atomic E-state index is 0.546. The lowest BCUT2D eigenvalue weighted by molar-refractivity contribution is 0.310. The van der Waals surface area contributed by atoms with Crippen LogP contribution in [-0.4, -0.2) is 7.11 Å². The Morgan fingerprint density at radius 3 is 1.95 bits per heavy atom.